The van der Waals surface area contributed by atoms with Gasteiger partial charge in [0.15, 0.2) is 0 Å². The van der Waals surface area contributed by atoms with Gasteiger partial charge in [-0.1, -0.05) is 27.7 Å². The summed E-state index contributed by atoms with van der Waals surface area (Å²) in [5, 5.41) is 10.8. The number of aliphatic hydroxyl groups excluding tert-OH is 1. The van der Waals surface area contributed by atoms with Crippen molar-refractivity contribution in [2.24, 2.45) is 5.92 Å². The summed E-state index contributed by atoms with van der Waals surface area (Å²) in [5.41, 5.74) is -0.0286. The highest BCUT2D eigenvalue weighted by Crippen LogP contribution is 2.28. The molecule has 2 atom stereocenters. The van der Waals surface area contributed by atoms with Crippen molar-refractivity contribution in [1.82, 2.24) is 9.88 Å². The molecule has 0 spiro atoms. The zero-order valence-electron chi connectivity index (χ0n) is 12.0. The standard InChI is InChI=1S/C14H22N2O2S/c1-9-5-6-16(8-10(9)17)12(18)11-7-15-13(19-11)14(2,3)4/h7,9-10,17H,5-6,8H2,1-4H3. The molecule has 2 rings (SSSR count). The zero-order valence-corrected chi connectivity index (χ0v) is 12.8. The molecule has 2 heterocycles. The number of amides is 1. The van der Waals surface area contributed by atoms with Crippen molar-refractivity contribution in [3.05, 3.63) is 16.1 Å². The van der Waals surface area contributed by atoms with Gasteiger partial charge in [0.25, 0.3) is 5.91 Å². The summed E-state index contributed by atoms with van der Waals surface area (Å²) in [6.07, 6.45) is 2.11. The van der Waals surface area contributed by atoms with Crippen LogP contribution in [0.15, 0.2) is 6.20 Å². The van der Waals surface area contributed by atoms with E-state index in [2.05, 4.69) is 25.8 Å². The summed E-state index contributed by atoms with van der Waals surface area (Å²) < 4.78 is 0. The Morgan fingerprint density at radius 1 is 1.53 bits per heavy atom. The third-order valence-electron chi connectivity index (χ3n) is 3.56. The van der Waals surface area contributed by atoms with Gasteiger partial charge in [-0.05, 0) is 12.3 Å². The second-order valence-corrected chi connectivity index (χ2v) is 7.39. The van der Waals surface area contributed by atoms with Gasteiger partial charge in [-0.15, -0.1) is 11.3 Å². The Kier molecular flexibility index (Phi) is 3.97. The second-order valence-electron chi connectivity index (χ2n) is 6.36. The third-order valence-corrected chi connectivity index (χ3v) is 4.98. The largest absolute Gasteiger partial charge is 0.391 e. The summed E-state index contributed by atoms with van der Waals surface area (Å²) in [4.78, 5) is 19.1. The van der Waals surface area contributed by atoms with Crippen molar-refractivity contribution < 1.29 is 9.90 Å². The van der Waals surface area contributed by atoms with E-state index in [1.54, 1.807) is 11.1 Å². The van der Waals surface area contributed by atoms with Crippen molar-refractivity contribution in [2.75, 3.05) is 13.1 Å². The molecule has 0 saturated carbocycles. The van der Waals surface area contributed by atoms with E-state index in [1.807, 2.05) is 6.92 Å². The topological polar surface area (TPSA) is 53.4 Å². The molecule has 5 heteroatoms. The predicted octanol–water partition coefficient (Wildman–Crippen LogP) is 2.28. The molecule has 106 valence electrons. The van der Waals surface area contributed by atoms with E-state index in [0.29, 0.717) is 11.4 Å². The van der Waals surface area contributed by atoms with Crippen LogP contribution in [0.4, 0.5) is 0 Å². The molecule has 19 heavy (non-hydrogen) atoms. The number of hydrogen-bond donors (Lipinski definition) is 1. The lowest BCUT2D eigenvalue weighted by Gasteiger charge is -2.33. The average molecular weight is 282 g/mol. The molecule has 0 aliphatic carbocycles. The van der Waals surface area contributed by atoms with Gasteiger partial charge in [-0.25, -0.2) is 4.98 Å². The lowest BCUT2D eigenvalue weighted by Crippen LogP contribution is -2.45. The number of nitrogens with zero attached hydrogens (tertiary/aromatic N) is 2. The van der Waals surface area contributed by atoms with Crippen LogP contribution in [0, 0.1) is 5.92 Å². The van der Waals surface area contributed by atoms with Crippen molar-refractivity contribution in [3.8, 4) is 0 Å². The summed E-state index contributed by atoms with van der Waals surface area (Å²) >= 11 is 1.46. The van der Waals surface area contributed by atoms with Crippen LogP contribution in [0.5, 0.6) is 0 Å². The number of piperidine rings is 1. The summed E-state index contributed by atoms with van der Waals surface area (Å²) in [5.74, 6) is 0.273. The van der Waals surface area contributed by atoms with Crippen molar-refractivity contribution in [2.45, 2.75) is 45.6 Å². The smallest absolute Gasteiger partial charge is 0.265 e. The minimum atomic E-state index is -0.410. The van der Waals surface area contributed by atoms with E-state index >= 15 is 0 Å². The molecule has 1 fully saturated rings. The van der Waals surface area contributed by atoms with Gasteiger partial charge >= 0.3 is 0 Å². The van der Waals surface area contributed by atoms with E-state index in [-0.39, 0.29) is 17.2 Å². The van der Waals surface area contributed by atoms with E-state index in [1.165, 1.54) is 11.3 Å². The summed E-state index contributed by atoms with van der Waals surface area (Å²) in [6, 6.07) is 0. The number of thiazole rings is 1. The van der Waals surface area contributed by atoms with Gasteiger partial charge < -0.3 is 10.0 Å². The molecule has 1 aliphatic rings. The quantitative estimate of drug-likeness (QED) is 0.860. The maximum absolute atomic E-state index is 12.4. The Labute approximate surface area is 118 Å². The van der Waals surface area contributed by atoms with E-state index in [0.717, 1.165) is 18.0 Å². The van der Waals surface area contributed by atoms with E-state index in [9.17, 15) is 9.90 Å². The fourth-order valence-corrected chi connectivity index (χ4v) is 3.05. The Hall–Kier alpha value is -0.940. The van der Waals surface area contributed by atoms with Crippen LogP contribution in [-0.4, -0.2) is 40.1 Å². The van der Waals surface area contributed by atoms with Crippen molar-refractivity contribution in [3.63, 3.8) is 0 Å². The lowest BCUT2D eigenvalue weighted by atomic mass is 9.96. The number of carbonyl (C=O) groups excluding carboxylic acids is 1. The molecule has 1 aromatic heterocycles. The third kappa shape index (κ3) is 3.15. The molecule has 0 radical (unpaired) electrons. The van der Waals surface area contributed by atoms with Gasteiger partial charge in [-0.2, -0.15) is 0 Å². The number of β-amino-alcohol motifs (C(OH)–C–C–N with tert-alkyl or cyclic N) is 1. The molecule has 1 aliphatic heterocycles. The lowest BCUT2D eigenvalue weighted by molar-refractivity contribution is 0.0251. The molecule has 1 amide bonds. The van der Waals surface area contributed by atoms with Crippen LogP contribution >= 0.6 is 11.3 Å². The Morgan fingerprint density at radius 2 is 2.21 bits per heavy atom. The first-order chi connectivity index (χ1) is 8.79. The predicted molar refractivity (Wildman–Crippen MR) is 76.5 cm³/mol. The van der Waals surface area contributed by atoms with E-state index < -0.39 is 6.10 Å². The van der Waals surface area contributed by atoms with Gasteiger partial charge in [0.05, 0.1) is 17.3 Å². The van der Waals surface area contributed by atoms with Gasteiger partial charge in [0.1, 0.15) is 4.88 Å². The molecule has 1 saturated heterocycles. The molecule has 0 bridgehead atoms. The second kappa shape index (κ2) is 5.21. The van der Waals surface area contributed by atoms with Gasteiger partial charge in [0, 0.05) is 18.5 Å². The SMILES string of the molecule is CC1CCN(C(=O)c2cnc(C(C)(C)C)s2)CC1O. The van der Waals surface area contributed by atoms with Crippen molar-refractivity contribution >= 4 is 17.2 Å². The molecule has 2 unspecified atom stereocenters. The first-order valence-electron chi connectivity index (χ1n) is 6.72. The number of hydrogen-bond acceptors (Lipinski definition) is 4. The molecular formula is C14H22N2O2S. The average Bonchev–Trinajstić information content (AvgIpc) is 2.81. The maximum Gasteiger partial charge on any atom is 0.265 e. The Bertz CT molecular complexity index is 464. The fourth-order valence-electron chi connectivity index (χ4n) is 2.11. The fraction of sp³-hybridized carbons (Fsp3) is 0.714. The minimum Gasteiger partial charge on any atom is -0.391 e. The van der Waals surface area contributed by atoms with Crippen LogP contribution in [0.25, 0.3) is 0 Å². The number of aromatic nitrogens is 1. The summed E-state index contributed by atoms with van der Waals surface area (Å²) in [7, 11) is 0. The number of aliphatic hydroxyl groups is 1. The van der Waals surface area contributed by atoms with Crippen molar-refractivity contribution in [1.29, 1.82) is 0 Å². The monoisotopic (exact) mass is 282 g/mol. The minimum absolute atomic E-state index is 0.000972. The van der Waals surface area contributed by atoms with Crippen LogP contribution in [0.2, 0.25) is 0 Å². The first-order valence-corrected chi connectivity index (χ1v) is 7.54. The molecule has 0 aromatic carbocycles. The number of carbonyl (C=O) groups is 1. The van der Waals surface area contributed by atoms with Gasteiger partial charge in [-0.3, -0.25) is 4.79 Å². The number of rotatable bonds is 1. The highest BCUT2D eigenvalue weighted by Gasteiger charge is 2.29. The summed E-state index contributed by atoms with van der Waals surface area (Å²) in [6.45, 7) is 9.45. The van der Waals surface area contributed by atoms with Crippen LogP contribution in [0.1, 0.15) is 48.8 Å². The van der Waals surface area contributed by atoms with Crippen LogP contribution in [0.3, 0.4) is 0 Å². The molecule has 4 nitrogen and oxygen atoms in total. The van der Waals surface area contributed by atoms with Crippen LogP contribution in [-0.2, 0) is 5.41 Å². The first kappa shape index (κ1) is 14.5. The molecule has 1 aromatic rings. The highest BCUT2D eigenvalue weighted by atomic mass is 32.1. The zero-order chi connectivity index (χ0) is 14.2. The Morgan fingerprint density at radius 3 is 2.74 bits per heavy atom. The normalized spacial score (nSPS) is 24.6. The van der Waals surface area contributed by atoms with Crippen LogP contribution < -0.4 is 0 Å². The Balaban J connectivity index is 2.10. The number of likely N-dealkylation sites (tertiary alicyclic amines) is 1. The highest BCUT2D eigenvalue weighted by molar-refractivity contribution is 7.13. The van der Waals surface area contributed by atoms with E-state index in [4.69, 9.17) is 0 Å². The molecular weight excluding hydrogens is 260 g/mol. The molecule has 1 N–H and O–H groups in total. The maximum atomic E-state index is 12.4. The van der Waals surface area contributed by atoms with Gasteiger partial charge in [0.2, 0.25) is 0 Å².